The van der Waals surface area contributed by atoms with Gasteiger partial charge in [0.05, 0.1) is 0 Å². The Morgan fingerprint density at radius 2 is 2.22 bits per heavy atom. The second-order valence-corrected chi connectivity index (χ2v) is 3.24. The first-order valence-electron chi connectivity index (χ1n) is 4.61. The van der Waals surface area contributed by atoms with Crippen LogP contribution >= 0.6 is 0 Å². The van der Waals surface area contributed by atoms with E-state index < -0.39 is 24.4 Å². The molecule has 0 atom stereocenters. The lowest BCUT2D eigenvalue weighted by Gasteiger charge is -2.09. The van der Waals surface area contributed by atoms with Crippen molar-refractivity contribution in [1.82, 2.24) is 19.6 Å². The van der Waals surface area contributed by atoms with Gasteiger partial charge in [0.25, 0.3) is 5.78 Å². The first-order valence-corrected chi connectivity index (χ1v) is 4.61. The van der Waals surface area contributed by atoms with Gasteiger partial charge in [-0.05, 0) is 0 Å². The van der Waals surface area contributed by atoms with Crippen LogP contribution in [-0.4, -0.2) is 37.2 Å². The first-order chi connectivity index (χ1) is 8.38. The van der Waals surface area contributed by atoms with E-state index in [9.17, 15) is 18.0 Å². The summed E-state index contributed by atoms with van der Waals surface area (Å²) in [7, 11) is 0. The Labute approximate surface area is 97.3 Å². The number of nitrogens with one attached hydrogen (secondary N) is 1. The molecule has 0 unspecified atom stereocenters. The molecule has 2 aromatic rings. The maximum Gasteiger partial charge on any atom is 0.433 e. The number of rotatable bonds is 3. The number of nitrogens with zero attached hydrogens (tertiary/aromatic N) is 4. The highest BCUT2D eigenvalue weighted by molar-refractivity contribution is 5.72. The van der Waals surface area contributed by atoms with Crippen molar-refractivity contribution in [2.75, 3.05) is 11.9 Å². The Kier molecular flexibility index (Phi) is 2.77. The lowest BCUT2D eigenvalue weighted by Crippen LogP contribution is -2.17. The molecule has 0 aromatic carbocycles. The van der Waals surface area contributed by atoms with Crippen molar-refractivity contribution in [1.29, 1.82) is 0 Å². The van der Waals surface area contributed by atoms with E-state index in [0.29, 0.717) is 6.07 Å². The minimum atomic E-state index is -4.65. The van der Waals surface area contributed by atoms with Gasteiger partial charge in [0.1, 0.15) is 18.7 Å². The van der Waals surface area contributed by atoms with E-state index in [-0.39, 0.29) is 11.6 Å². The highest BCUT2D eigenvalue weighted by Crippen LogP contribution is 2.29. The van der Waals surface area contributed by atoms with Crippen LogP contribution in [0.1, 0.15) is 5.69 Å². The van der Waals surface area contributed by atoms with Crippen molar-refractivity contribution < 1.29 is 23.1 Å². The number of carboxylic acid groups (broad SMARTS) is 1. The van der Waals surface area contributed by atoms with Crippen LogP contribution in [0.5, 0.6) is 0 Å². The summed E-state index contributed by atoms with van der Waals surface area (Å²) < 4.78 is 38.6. The quantitative estimate of drug-likeness (QED) is 0.842. The van der Waals surface area contributed by atoms with Crippen LogP contribution in [0.3, 0.4) is 0 Å². The number of halogens is 3. The molecule has 18 heavy (non-hydrogen) atoms. The molecule has 2 heterocycles. The largest absolute Gasteiger partial charge is 0.480 e. The normalized spacial score (nSPS) is 11.7. The monoisotopic (exact) mass is 261 g/mol. The molecular weight excluding hydrogens is 255 g/mol. The molecule has 96 valence electrons. The van der Waals surface area contributed by atoms with Gasteiger partial charge in [-0.3, -0.25) is 4.79 Å². The van der Waals surface area contributed by atoms with Crippen molar-refractivity contribution in [2.45, 2.75) is 6.18 Å². The highest BCUT2D eigenvalue weighted by atomic mass is 19.4. The van der Waals surface area contributed by atoms with Gasteiger partial charge in [-0.2, -0.15) is 27.8 Å². The van der Waals surface area contributed by atoms with Gasteiger partial charge in [0.2, 0.25) is 0 Å². The average molecular weight is 261 g/mol. The number of carboxylic acids is 1. The molecule has 10 heteroatoms. The number of hydrogen-bond donors (Lipinski definition) is 2. The van der Waals surface area contributed by atoms with E-state index >= 15 is 0 Å². The average Bonchev–Trinajstić information content (AvgIpc) is 2.72. The van der Waals surface area contributed by atoms with Crippen LogP contribution in [-0.2, 0) is 11.0 Å². The summed E-state index contributed by atoms with van der Waals surface area (Å²) in [6.07, 6.45) is -3.62. The van der Waals surface area contributed by atoms with E-state index in [2.05, 4.69) is 20.4 Å². The van der Waals surface area contributed by atoms with Gasteiger partial charge in [-0.25, -0.2) is 4.98 Å². The summed E-state index contributed by atoms with van der Waals surface area (Å²) in [6, 6.07) is 0.671. The minimum Gasteiger partial charge on any atom is -0.480 e. The predicted octanol–water partition coefficient (Wildman–Crippen LogP) is 0.640. The Balaban J connectivity index is 2.48. The Bertz CT molecular complexity index is 594. The summed E-state index contributed by atoms with van der Waals surface area (Å²) in [5.41, 5.74) is -1.17. The Morgan fingerprint density at radius 3 is 2.83 bits per heavy atom. The van der Waals surface area contributed by atoms with Crippen molar-refractivity contribution in [3.63, 3.8) is 0 Å². The smallest absolute Gasteiger partial charge is 0.433 e. The Hall–Kier alpha value is -2.39. The fraction of sp³-hybridized carbons (Fsp3) is 0.250. The maximum atomic E-state index is 12.5. The van der Waals surface area contributed by atoms with Gasteiger partial charge < -0.3 is 10.4 Å². The van der Waals surface area contributed by atoms with Crippen LogP contribution in [0.4, 0.5) is 19.0 Å². The van der Waals surface area contributed by atoms with E-state index in [0.717, 1.165) is 10.8 Å². The van der Waals surface area contributed by atoms with E-state index in [1.807, 2.05) is 0 Å². The second-order valence-electron chi connectivity index (χ2n) is 3.24. The van der Waals surface area contributed by atoms with E-state index in [1.54, 1.807) is 0 Å². The molecule has 0 aliphatic heterocycles. The van der Waals surface area contributed by atoms with Crippen LogP contribution in [0, 0.1) is 0 Å². The zero-order valence-corrected chi connectivity index (χ0v) is 8.64. The van der Waals surface area contributed by atoms with Gasteiger partial charge in [0.15, 0.2) is 5.69 Å². The van der Waals surface area contributed by atoms with E-state index in [4.69, 9.17) is 5.11 Å². The number of hydrogen-bond acceptors (Lipinski definition) is 5. The number of carbonyl (C=O) groups is 1. The standard InChI is InChI=1S/C8H6F3N5O2/c9-8(10,11)4-1-5(12-2-6(17)18)16-7(15-4)13-3-14-16/h1,3,12H,2H2,(H,17,18). The molecule has 7 nitrogen and oxygen atoms in total. The minimum absolute atomic E-state index is 0.146. The summed E-state index contributed by atoms with van der Waals surface area (Å²) in [6.45, 7) is -0.545. The van der Waals surface area contributed by atoms with E-state index in [1.165, 1.54) is 0 Å². The summed E-state index contributed by atoms with van der Waals surface area (Å²) in [5, 5.41) is 14.4. The fourth-order valence-electron chi connectivity index (χ4n) is 1.25. The molecule has 0 saturated heterocycles. The van der Waals surface area contributed by atoms with Crippen molar-refractivity contribution in [2.24, 2.45) is 0 Å². The van der Waals surface area contributed by atoms with Gasteiger partial charge in [-0.15, -0.1) is 0 Å². The van der Waals surface area contributed by atoms with Crippen LogP contribution in [0.25, 0.3) is 5.78 Å². The number of aromatic nitrogens is 4. The molecule has 0 aliphatic rings. The third-order valence-corrected chi connectivity index (χ3v) is 1.96. The van der Waals surface area contributed by atoms with Gasteiger partial charge >= 0.3 is 12.1 Å². The molecule has 2 rings (SSSR count). The van der Waals surface area contributed by atoms with Crippen molar-refractivity contribution >= 4 is 17.6 Å². The molecule has 0 bridgehead atoms. The third-order valence-electron chi connectivity index (χ3n) is 1.96. The van der Waals surface area contributed by atoms with Crippen LogP contribution < -0.4 is 5.32 Å². The summed E-state index contributed by atoms with van der Waals surface area (Å²) in [5.74, 6) is -1.63. The molecule has 0 amide bonds. The van der Waals surface area contributed by atoms with Gasteiger partial charge in [0, 0.05) is 6.07 Å². The zero-order chi connectivity index (χ0) is 13.3. The highest BCUT2D eigenvalue weighted by Gasteiger charge is 2.34. The Morgan fingerprint density at radius 1 is 1.50 bits per heavy atom. The van der Waals surface area contributed by atoms with Crippen LogP contribution in [0.15, 0.2) is 12.4 Å². The topological polar surface area (TPSA) is 92.4 Å². The summed E-state index contributed by atoms with van der Waals surface area (Å²) >= 11 is 0. The first kappa shape index (κ1) is 12.1. The lowest BCUT2D eigenvalue weighted by molar-refractivity contribution is -0.141. The third kappa shape index (κ3) is 2.31. The molecule has 0 radical (unpaired) electrons. The number of alkyl halides is 3. The maximum absolute atomic E-state index is 12.5. The number of anilines is 1. The molecular formula is C8H6F3N5O2. The molecule has 2 aromatic heterocycles. The second kappa shape index (κ2) is 4.13. The zero-order valence-electron chi connectivity index (χ0n) is 8.64. The fourth-order valence-corrected chi connectivity index (χ4v) is 1.25. The molecule has 0 aliphatic carbocycles. The molecule has 2 N–H and O–H groups in total. The van der Waals surface area contributed by atoms with Crippen molar-refractivity contribution in [3.8, 4) is 0 Å². The number of fused-ring (bicyclic) bond motifs is 1. The molecule has 0 fully saturated rings. The van der Waals surface area contributed by atoms with Gasteiger partial charge in [-0.1, -0.05) is 0 Å². The number of aliphatic carboxylic acids is 1. The predicted molar refractivity (Wildman–Crippen MR) is 51.9 cm³/mol. The molecule has 0 saturated carbocycles. The van der Waals surface area contributed by atoms with Crippen molar-refractivity contribution in [3.05, 3.63) is 18.1 Å². The SMILES string of the molecule is O=C(O)CNc1cc(C(F)(F)F)nc2ncnn12. The summed E-state index contributed by atoms with van der Waals surface area (Å²) in [4.78, 5) is 17.2. The lowest BCUT2D eigenvalue weighted by atomic mass is 10.4. The van der Waals surface area contributed by atoms with Crippen LogP contribution in [0.2, 0.25) is 0 Å². The molecule has 0 spiro atoms.